The third kappa shape index (κ3) is 4.22. The minimum Gasteiger partial charge on any atom is -0.478 e. The topological polar surface area (TPSA) is 101 Å². The van der Waals surface area contributed by atoms with E-state index in [9.17, 15) is 26.8 Å². The summed E-state index contributed by atoms with van der Waals surface area (Å²) in [5, 5.41) is 11.0. The molecule has 21 heavy (non-hydrogen) atoms. The Morgan fingerprint density at radius 1 is 1.29 bits per heavy atom. The molecule has 0 bridgehead atoms. The summed E-state index contributed by atoms with van der Waals surface area (Å²) in [5.74, 6) is -6.89. The Labute approximate surface area is 119 Å². The van der Waals surface area contributed by atoms with Crippen LogP contribution in [-0.4, -0.2) is 37.7 Å². The molecular formula is C12H13F2NO5S. The highest BCUT2D eigenvalue weighted by molar-refractivity contribution is 7.92. The van der Waals surface area contributed by atoms with Gasteiger partial charge in [-0.05, 0) is 18.6 Å². The molecule has 6 nitrogen and oxygen atoms in total. The molecule has 0 aliphatic carbocycles. The van der Waals surface area contributed by atoms with E-state index in [4.69, 9.17) is 5.11 Å². The van der Waals surface area contributed by atoms with E-state index in [0.29, 0.717) is 18.6 Å². The summed E-state index contributed by atoms with van der Waals surface area (Å²) >= 11 is 0. The number of hydrogen-bond donors (Lipinski definition) is 2. The lowest BCUT2D eigenvalue weighted by molar-refractivity contribution is -0.118. The SMILES string of the molecule is CCCNC(=O)CS(=O)(=O)c1cc(C(=O)O)cc(F)c1F. The number of sulfone groups is 1. The minimum absolute atomic E-state index is 0.236. The first kappa shape index (κ1) is 17.0. The molecule has 2 N–H and O–H groups in total. The Hall–Kier alpha value is -2.03. The molecule has 0 aliphatic rings. The van der Waals surface area contributed by atoms with Crippen LogP contribution in [0.1, 0.15) is 23.7 Å². The monoisotopic (exact) mass is 321 g/mol. The van der Waals surface area contributed by atoms with Crippen LogP contribution in [0.2, 0.25) is 0 Å². The van der Waals surface area contributed by atoms with Gasteiger partial charge in [0.2, 0.25) is 5.91 Å². The zero-order chi connectivity index (χ0) is 16.2. The second-order valence-electron chi connectivity index (χ2n) is 4.18. The number of carbonyl (C=O) groups excluding carboxylic acids is 1. The fourth-order valence-corrected chi connectivity index (χ4v) is 2.76. The van der Waals surface area contributed by atoms with Crippen molar-refractivity contribution in [3.63, 3.8) is 0 Å². The number of carbonyl (C=O) groups is 2. The Morgan fingerprint density at radius 3 is 2.43 bits per heavy atom. The van der Waals surface area contributed by atoms with Crippen LogP contribution in [-0.2, 0) is 14.6 Å². The average molecular weight is 321 g/mol. The number of hydrogen-bond acceptors (Lipinski definition) is 4. The number of carboxylic acid groups (broad SMARTS) is 1. The maximum absolute atomic E-state index is 13.6. The first-order valence-corrected chi connectivity index (χ1v) is 7.56. The highest BCUT2D eigenvalue weighted by atomic mass is 32.2. The molecule has 0 radical (unpaired) electrons. The van der Waals surface area contributed by atoms with Gasteiger partial charge in [-0.25, -0.2) is 22.0 Å². The minimum atomic E-state index is -4.49. The molecule has 0 fully saturated rings. The van der Waals surface area contributed by atoms with Gasteiger partial charge in [-0.3, -0.25) is 4.79 Å². The van der Waals surface area contributed by atoms with Crippen molar-refractivity contribution in [1.82, 2.24) is 5.32 Å². The fraction of sp³-hybridized carbons (Fsp3) is 0.333. The van der Waals surface area contributed by atoms with Crippen molar-refractivity contribution in [3.8, 4) is 0 Å². The van der Waals surface area contributed by atoms with Crippen molar-refractivity contribution in [2.75, 3.05) is 12.3 Å². The van der Waals surface area contributed by atoms with Crippen LogP contribution < -0.4 is 5.32 Å². The number of carboxylic acids is 1. The van der Waals surface area contributed by atoms with Gasteiger partial charge in [0.05, 0.1) is 5.56 Å². The molecule has 1 amide bonds. The summed E-state index contributed by atoms with van der Waals surface area (Å²) in [5.41, 5.74) is -0.721. The molecule has 0 saturated heterocycles. The van der Waals surface area contributed by atoms with Crippen molar-refractivity contribution in [2.24, 2.45) is 0 Å². The van der Waals surface area contributed by atoms with E-state index in [0.717, 1.165) is 0 Å². The summed E-state index contributed by atoms with van der Waals surface area (Å²) in [7, 11) is -4.49. The van der Waals surface area contributed by atoms with E-state index in [1.807, 2.05) is 0 Å². The van der Waals surface area contributed by atoms with Crippen molar-refractivity contribution in [2.45, 2.75) is 18.2 Å². The molecule has 0 unspecified atom stereocenters. The van der Waals surface area contributed by atoms with Gasteiger partial charge in [0.1, 0.15) is 10.6 Å². The van der Waals surface area contributed by atoms with Gasteiger partial charge in [0.15, 0.2) is 21.5 Å². The lowest BCUT2D eigenvalue weighted by Gasteiger charge is -2.08. The molecule has 0 aliphatic heterocycles. The van der Waals surface area contributed by atoms with Crippen LogP contribution in [0.3, 0.4) is 0 Å². The molecule has 1 rings (SSSR count). The first-order chi connectivity index (χ1) is 9.69. The average Bonchev–Trinajstić information content (AvgIpc) is 2.38. The van der Waals surface area contributed by atoms with Crippen LogP contribution in [0.25, 0.3) is 0 Å². The lowest BCUT2D eigenvalue weighted by atomic mass is 10.2. The zero-order valence-electron chi connectivity index (χ0n) is 11.0. The highest BCUT2D eigenvalue weighted by Gasteiger charge is 2.26. The fourth-order valence-electron chi connectivity index (χ4n) is 1.48. The molecule has 0 spiro atoms. The number of amides is 1. The van der Waals surface area contributed by atoms with Crippen LogP contribution in [0.4, 0.5) is 8.78 Å². The van der Waals surface area contributed by atoms with E-state index in [2.05, 4.69) is 5.32 Å². The summed E-state index contributed by atoms with van der Waals surface area (Å²) in [6.45, 7) is 1.99. The second-order valence-corrected chi connectivity index (χ2v) is 6.14. The summed E-state index contributed by atoms with van der Waals surface area (Å²) in [6.07, 6.45) is 0.573. The molecular weight excluding hydrogens is 308 g/mol. The van der Waals surface area contributed by atoms with Crippen LogP contribution >= 0.6 is 0 Å². The predicted octanol–water partition coefficient (Wildman–Crippen LogP) is 0.963. The van der Waals surface area contributed by atoms with Crippen LogP contribution in [0, 0.1) is 11.6 Å². The molecule has 0 aromatic heterocycles. The summed E-state index contributed by atoms with van der Waals surface area (Å²) in [6, 6.07) is 0.858. The molecule has 0 heterocycles. The van der Waals surface area contributed by atoms with Gasteiger partial charge < -0.3 is 10.4 Å². The first-order valence-electron chi connectivity index (χ1n) is 5.90. The highest BCUT2D eigenvalue weighted by Crippen LogP contribution is 2.21. The van der Waals surface area contributed by atoms with Gasteiger partial charge in [-0.15, -0.1) is 0 Å². The van der Waals surface area contributed by atoms with E-state index in [1.54, 1.807) is 6.92 Å². The van der Waals surface area contributed by atoms with Crippen molar-refractivity contribution >= 4 is 21.7 Å². The Bertz CT molecular complexity index is 672. The van der Waals surface area contributed by atoms with E-state index >= 15 is 0 Å². The van der Waals surface area contributed by atoms with E-state index < -0.39 is 49.6 Å². The Kier molecular flexibility index (Phi) is 5.36. The molecule has 0 saturated carbocycles. The quantitative estimate of drug-likeness (QED) is 0.813. The Balaban J connectivity index is 3.19. The van der Waals surface area contributed by atoms with Crippen molar-refractivity contribution < 1.29 is 31.9 Å². The largest absolute Gasteiger partial charge is 0.478 e. The van der Waals surface area contributed by atoms with Gasteiger partial charge in [0.25, 0.3) is 0 Å². The van der Waals surface area contributed by atoms with Gasteiger partial charge >= 0.3 is 5.97 Å². The third-order valence-electron chi connectivity index (χ3n) is 2.47. The van der Waals surface area contributed by atoms with E-state index in [-0.39, 0.29) is 6.54 Å². The number of aromatic carboxylic acids is 1. The second kappa shape index (κ2) is 6.61. The maximum atomic E-state index is 13.6. The molecule has 116 valence electrons. The summed E-state index contributed by atoms with van der Waals surface area (Å²) < 4.78 is 50.6. The number of halogens is 2. The van der Waals surface area contributed by atoms with Gasteiger partial charge in [-0.1, -0.05) is 6.92 Å². The molecule has 9 heteroatoms. The molecule has 1 aromatic carbocycles. The van der Waals surface area contributed by atoms with Crippen molar-refractivity contribution in [3.05, 3.63) is 29.3 Å². The summed E-state index contributed by atoms with van der Waals surface area (Å²) in [4.78, 5) is 21.0. The third-order valence-corrected chi connectivity index (χ3v) is 4.08. The smallest absolute Gasteiger partial charge is 0.335 e. The molecule has 1 aromatic rings. The zero-order valence-corrected chi connectivity index (χ0v) is 11.8. The lowest BCUT2D eigenvalue weighted by Crippen LogP contribution is -2.31. The Morgan fingerprint density at radius 2 is 1.90 bits per heavy atom. The van der Waals surface area contributed by atoms with E-state index in [1.165, 1.54) is 0 Å². The standard InChI is InChI=1S/C12H13F2NO5S/c1-2-3-15-10(16)6-21(19,20)9-5-7(12(17)18)4-8(13)11(9)14/h4-5H,2-3,6H2,1H3,(H,15,16)(H,17,18). The number of nitrogens with one attached hydrogen (secondary N) is 1. The number of benzene rings is 1. The predicted molar refractivity (Wildman–Crippen MR) is 68.7 cm³/mol. The normalized spacial score (nSPS) is 11.2. The van der Waals surface area contributed by atoms with Crippen LogP contribution in [0.15, 0.2) is 17.0 Å². The maximum Gasteiger partial charge on any atom is 0.335 e. The van der Waals surface area contributed by atoms with Crippen LogP contribution in [0.5, 0.6) is 0 Å². The number of rotatable bonds is 6. The van der Waals surface area contributed by atoms with Gasteiger partial charge in [0, 0.05) is 6.54 Å². The molecule has 0 atom stereocenters. The van der Waals surface area contributed by atoms with Gasteiger partial charge in [-0.2, -0.15) is 0 Å². The van der Waals surface area contributed by atoms with Crippen molar-refractivity contribution in [1.29, 1.82) is 0 Å².